The summed E-state index contributed by atoms with van der Waals surface area (Å²) in [6, 6.07) is 54.9. The molecule has 1 aliphatic carbocycles. The van der Waals surface area contributed by atoms with Crippen LogP contribution in [-0.4, -0.2) is 0 Å². The van der Waals surface area contributed by atoms with Crippen molar-refractivity contribution in [1.82, 2.24) is 0 Å². The third-order valence-corrected chi connectivity index (χ3v) is 12.4. The molecule has 0 fully saturated rings. The van der Waals surface area contributed by atoms with E-state index in [2.05, 4.69) is 159 Å². The normalized spacial score (nSPS) is 13.8. The molecule has 1 heterocycles. The van der Waals surface area contributed by atoms with Gasteiger partial charge < -0.3 is 0 Å². The maximum atomic E-state index is 2.49. The van der Waals surface area contributed by atoms with Crippen LogP contribution in [0.3, 0.4) is 0 Å². The van der Waals surface area contributed by atoms with E-state index in [1.807, 2.05) is 11.3 Å². The zero-order valence-corrected chi connectivity index (χ0v) is 27.6. The van der Waals surface area contributed by atoms with E-state index in [0.29, 0.717) is 0 Å². The van der Waals surface area contributed by atoms with Crippen LogP contribution in [0.5, 0.6) is 0 Å². The lowest BCUT2D eigenvalue weighted by Gasteiger charge is -2.22. The molecule has 48 heavy (non-hydrogen) atoms. The van der Waals surface area contributed by atoms with E-state index in [4.69, 9.17) is 0 Å². The van der Waals surface area contributed by atoms with Gasteiger partial charge >= 0.3 is 0 Å². The number of rotatable bonds is 2. The first-order valence-corrected chi connectivity index (χ1v) is 17.7. The van der Waals surface area contributed by atoms with E-state index in [0.717, 1.165) is 0 Å². The fourth-order valence-electron chi connectivity index (χ4n) is 8.84. The third-order valence-electron chi connectivity index (χ3n) is 11.2. The number of thiophene rings is 1. The summed E-state index contributed by atoms with van der Waals surface area (Å²) in [6.07, 6.45) is 0. The summed E-state index contributed by atoms with van der Waals surface area (Å²) in [5.41, 5.74) is 10.7. The number of benzene rings is 9. The second-order valence-corrected chi connectivity index (χ2v) is 15.1. The van der Waals surface area contributed by atoms with Gasteiger partial charge in [-0.2, -0.15) is 0 Å². The quantitative estimate of drug-likeness (QED) is 0.168. The largest absolute Gasteiger partial charge is 0.135 e. The average Bonchev–Trinajstić information content (AvgIpc) is 3.62. The van der Waals surface area contributed by atoms with Gasteiger partial charge in [0.1, 0.15) is 0 Å². The summed E-state index contributed by atoms with van der Waals surface area (Å²) >= 11 is 1.94. The van der Waals surface area contributed by atoms with E-state index in [1.54, 1.807) is 0 Å². The Morgan fingerprint density at radius 1 is 0.417 bits per heavy atom. The van der Waals surface area contributed by atoms with Crippen LogP contribution in [0.4, 0.5) is 0 Å². The summed E-state index contributed by atoms with van der Waals surface area (Å²) in [7, 11) is 0. The third kappa shape index (κ3) is 3.44. The molecular weight excluding hydrogens is 597 g/mol. The van der Waals surface area contributed by atoms with Crippen LogP contribution in [0, 0.1) is 0 Å². The molecule has 0 bridgehead atoms. The molecule has 0 saturated carbocycles. The summed E-state index contributed by atoms with van der Waals surface area (Å²) < 4.78 is 2.78. The molecule has 0 amide bonds. The number of fused-ring (bicyclic) bond motifs is 8. The highest BCUT2D eigenvalue weighted by molar-refractivity contribution is 7.26. The van der Waals surface area contributed by atoms with Crippen molar-refractivity contribution in [3.63, 3.8) is 0 Å². The van der Waals surface area contributed by atoms with E-state index >= 15 is 0 Å². The predicted octanol–water partition coefficient (Wildman–Crippen LogP) is 13.7. The minimum atomic E-state index is -0.0844. The van der Waals surface area contributed by atoms with Crippen molar-refractivity contribution < 1.29 is 0 Å². The first-order valence-electron chi connectivity index (χ1n) is 16.8. The lowest BCUT2D eigenvalue weighted by Crippen LogP contribution is -2.14. The van der Waals surface area contributed by atoms with Crippen LogP contribution >= 0.6 is 11.3 Å². The molecule has 10 aromatic rings. The van der Waals surface area contributed by atoms with E-state index in [-0.39, 0.29) is 5.41 Å². The second kappa shape index (κ2) is 9.31. The summed E-state index contributed by atoms with van der Waals surface area (Å²) in [4.78, 5) is 0. The van der Waals surface area contributed by atoms with Crippen LogP contribution in [0.1, 0.15) is 25.0 Å². The average molecular weight is 627 g/mol. The number of hydrogen-bond donors (Lipinski definition) is 0. The lowest BCUT2D eigenvalue weighted by molar-refractivity contribution is 0.661. The molecule has 11 rings (SSSR count). The van der Waals surface area contributed by atoms with Crippen molar-refractivity contribution in [2.75, 3.05) is 0 Å². The second-order valence-electron chi connectivity index (χ2n) is 14.1. The predicted molar refractivity (Wildman–Crippen MR) is 209 cm³/mol. The van der Waals surface area contributed by atoms with E-state index in [9.17, 15) is 0 Å². The van der Waals surface area contributed by atoms with Crippen molar-refractivity contribution in [3.05, 3.63) is 157 Å². The van der Waals surface area contributed by atoms with Crippen molar-refractivity contribution in [1.29, 1.82) is 0 Å². The Hall–Kier alpha value is -5.50. The van der Waals surface area contributed by atoms with Gasteiger partial charge in [-0.25, -0.2) is 0 Å². The van der Waals surface area contributed by atoms with Gasteiger partial charge in [-0.3, -0.25) is 0 Å². The van der Waals surface area contributed by atoms with E-state index < -0.39 is 0 Å². The van der Waals surface area contributed by atoms with Gasteiger partial charge in [0.2, 0.25) is 0 Å². The van der Waals surface area contributed by atoms with Crippen molar-refractivity contribution >= 4 is 74.6 Å². The Balaban J connectivity index is 1.13. The zero-order valence-electron chi connectivity index (χ0n) is 26.8. The smallest absolute Gasteiger partial charge is 0.0437 e. The highest BCUT2D eigenvalue weighted by atomic mass is 32.1. The van der Waals surface area contributed by atoms with Crippen molar-refractivity contribution in [2.24, 2.45) is 0 Å². The molecule has 1 aromatic heterocycles. The molecule has 0 spiro atoms. The molecule has 0 unspecified atom stereocenters. The molecule has 1 aliphatic rings. The van der Waals surface area contributed by atoms with Gasteiger partial charge in [-0.1, -0.05) is 135 Å². The van der Waals surface area contributed by atoms with Gasteiger partial charge in [-0.15, -0.1) is 11.3 Å². The van der Waals surface area contributed by atoms with E-state index in [1.165, 1.54) is 108 Å². The van der Waals surface area contributed by atoms with Crippen molar-refractivity contribution in [2.45, 2.75) is 19.3 Å². The molecule has 9 aromatic carbocycles. The zero-order chi connectivity index (χ0) is 31.7. The maximum Gasteiger partial charge on any atom is 0.0437 e. The van der Waals surface area contributed by atoms with Gasteiger partial charge in [0, 0.05) is 31.2 Å². The monoisotopic (exact) mass is 626 g/mol. The number of hydrogen-bond acceptors (Lipinski definition) is 1. The Bertz CT molecular complexity index is 2970. The van der Waals surface area contributed by atoms with Crippen LogP contribution < -0.4 is 0 Å². The Kier molecular flexibility index (Phi) is 5.15. The molecule has 0 N–H and O–H groups in total. The Morgan fingerprint density at radius 3 is 2.02 bits per heavy atom. The molecule has 0 saturated heterocycles. The standard InChI is InChI=1S/C47H30S/c1-47(2)40-23-22-37-34-11-5-6-13-42(34)48-46(37)45(40)38-21-17-31(26-41(38)47)39-25-32-18-19-33(30-15-14-27-8-3-4-9-29(27)24-30)36-20-16-28-10-7-12-35(39)43(28)44(32)36/h3-26H,1-2H3. The SMILES string of the molecule is CC1(C)c2cc(-c3cc4ccc(-c5ccc6ccccc6c5)c5ccc6cccc3c6c45)ccc2-c2c1ccc1c2sc2ccccc21. The lowest BCUT2D eigenvalue weighted by atomic mass is 9.81. The van der Waals surface area contributed by atoms with Crippen LogP contribution in [-0.2, 0) is 5.41 Å². The van der Waals surface area contributed by atoms with Gasteiger partial charge in [0.15, 0.2) is 0 Å². The molecule has 1 heteroatoms. The molecular formula is C47H30S. The molecule has 224 valence electrons. The summed E-state index contributed by atoms with van der Waals surface area (Å²) in [6.45, 7) is 4.81. The minimum Gasteiger partial charge on any atom is -0.135 e. The van der Waals surface area contributed by atoms with Gasteiger partial charge in [-0.05, 0) is 106 Å². The molecule has 0 aliphatic heterocycles. The molecule has 0 radical (unpaired) electrons. The topological polar surface area (TPSA) is 0 Å². The Labute approximate surface area is 282 Å². The van der Waals surface area contributed by atoms with Gasteiger partial charge in [0.25, 0.3) is 0 Å². The van der Waals surface area contributed by atoms with Crippen molar-refractivity contribution in [3.8, 4) is 33.4 Å². The first kappa shape index (κ1) is 26.6. The highest BCUT2D eigenvalue weighted by Gasteiger charge is 2.37. The summed E-state index contributed by atoms with van der Waals surface area (Å²) in [5.74, 6) is 0. The van der Waals surface area contributed by atoms with Gasteiger partial charge in [0.05, 0.1) is 0 Å². The highest BCUT2D eigenvalue weighted by Crippen LogP contribution is 2.55. The first-order chi connectivity index (χ1) is 23.5. The Morgan fingerprint density at radius 2 is 1.08 bits per heavy atom. The van der Waals surface area contributed by atoms with Crippen LogP contribution in [0.15, 0.2) is 146 Å². The maximum absolute atomic E-state index is 2.49. The molecule has 0 nitrogen and oxygen atoms in total. The summed E-state index contributed by atoms with van der Waals surface area (Å²) in [5, 5.41) is 13.2. The fraction of sp³-hybridized carbons (Fsp3) is 0.0638. The fourth-order valence-corrected chi connectivity index (χ4v) is 10.1. The molecule has 0 atom stereocenters. The minimum absolute atomic E-state index is 0.0844. The van der Waals surface area contributed by atoms with Crippen LogP contribution in [0.25, 0.3) is 96.6 Å². The van der Waals surface area contributed by atoms with Crippen LogP contribution in [0.2, 0.25) is 0 Å².